The van der Waals surface area contributed by atoms with Crippen LogP contribution in [0.5, 0.6) is 0 Å². The van der Waals surface area contributed by atoms with E-state index in [1.54, 1.807) is 0 Å². The highest BCUT2D eigenvalue weighted by Crippen LogP contribution is 2.31. The van der Waals surface area contributed by atoms with Gasteiger partial charge < -0.3 is 10.2 Å². The van der Waals surface area contributed by atoms with Crippen LogP contribution in [0.3, 0.4) is 0 Å². The van der Waals surface area contributed by atoms with E-state index < -0.39 is 0 Å². The maximum absolute atomic E-state index is 5.05. The van der Waals surface area contributed by atoms with E-state index in [-0.39, 0.29) is 0 Å². The van der Waals surface area contributed by atoms with Crippen LogP contribution >= 0.6 is 0 Å². The van der Waals surface area contributed by atoms with E-state index >= 15 is 0 Å². The Bertz CT molecular complexity index is 702. The number of anilines is 2. The smallest absolute Gasteiger partial charge is 0.121 e. The first-order valence-electron chi connectivity index (χ1n) is 9.10. The molecule has 0 radical (unpaired) electrons. The lowest BCUT2D eigenvalue weighted by Crippen LogP contribution is -2.38. The van der Waals surface area contributed by atoms with Crippen molar-refractivity contribution in [2.24, 2.45) is 4.99 Å². The van der Waals surface area contributed by atoms with Gasteiger partial charge in [0.25, 0.3) is 0 Å². The van der Waals surface area contributed by atoms with Gasteiger partial charge in [-0.25, -0.2) is 0 Å². The Labute approximate surface area is 144 Å². The Morgan fingerprint density at radius 2 is 1.67 bits per heavy atom. The molecule has 1 N–H and O–H groups in total. The number of rotatable bonds is 3. The van der Waals surface area contributed by atoms with E-state index in [0.29, 0.717) is 6.04 Å². The summed E-state index contributed by atoms with van der Waals surface area (Å²) in [5.41, 5.74) is 3.78. The minimum atomic E-state index is 0.505. The van der Waals surface area contributed by atoms with Crippen molar-refractivity contribution in [2.75, 3.05) is 16.8 Å². The van der Waals surface area contributed by atoms with Crippen LogP contribution < -0.4 is 10.2 Å². The van der Waals surface area contributed by atoms with Crippen LogP contribution in [0.1, 0.15) is 37.7 Å². The molecule has 0 aromatic heterocycles. The summed E-state index contributed by atoms with van der Waals surface area (Å²) in [4.78, 5) is 7.48. The lowest BCUT2D eigenvalue weighted by molar-refractivity contribution is 0.443. The lowest BCUT2D eigenvalue weighted by atomic mass is 9.96. The molecule has 1 fully saturated rings. The molecule has 1 heterocycles. The number of aliphatic imine (C=N–C) groups is 1. The largest absolute Gasteiger partial charge is 0.358 e. The van der Waals surface area contributed by atoms with Crippen LogP contribution in [0.4, 0.5) is 11.4 Å². The first-order chi connectivity index (χ1) is 11.9. The van der Waals surface area contributed by atoms with Crippen LogP contribution in [0.2, 0.25) is 0 Å². The van der Waals surface area contributed by atoms with Gasteiger partial charge in [-0.05, 0) is 30.5 Å². The van der Waals surface area contributed by atoms with Gasteiger partial charge in [0.15, 0.2) is 0 Å². The van der Waals surface area contributed by atoms with Crippen molar-refractivity contribution in [2.45, 2.75) is 44.7 Å². The van der Waals surface area contributed by atoms with E-state index in [0.717, 1.165) is 18.9 Å². The van der Waals surface area contributed by atoms with Crippen molar-refractivity contribution in [1.82, 2.24) is 0 Å². The highest BCUT2D eigenvalue weighted by molar-refractivity contribution is 6.04. The van der Waals surface area contributed by atoms with Crippen LogP contribution in [-0.2, 0) is 6.54 Å². The van der Waals surface area contributed by atoms with Gasteiger partial charge in [-0.15, -0.1) is 0 Å². The van der Waals surface area contributed by atoms with E-state index in [1.165, 1.54) is 49.0 Å². The highest BCUT2D eigenvalue weighted by Gasteiger charge is 2.22. The summed E-state index contributed by atoms with van der Waals surface area (Å²) in [6.07, 6.45) is 6.51. The fourth-order valence-electron chi connectivity index (χ4n) is 3.76. The SMILES string of the molecule is c1ccc(CN2CC(=NC3CCCCC3)Nc3ccccc32)cc1. The van der Waals surface area contributed by atoms with Crippen molar-refractivity contribution in [1.29, 1.82) is 0 Å². The van der Waals surface area contributed by atoms with Crippen molar-refractivity contribution in [3.63, 3.8) is 0 Å². The van der Waals surface area contributed by atoms with Gasteiger partial charge in [0.1, 0.15) is 5.84 Å². The predicted octanol–water partition coefficient (Wildman–Crippen LogP) is 4.85. The van der Waals surface area contributed by atoms with Crippen LogP contribution in [0, 0.1) is 0 Å². The Morgan fingerprint density at radius 1 is 0.917 bits per heavy atom. The predicted molar refractivity (Wildman–Crippen MR) is 102 cm³/mol. The Hall–Kier alpha value is -2.29. The molecule has 0 atom stereocenters. The number of hydrogen-bond donors (Lipinski definition) is 1. The van der Waals surface area contributed by atoms with Crippen LogP contribution in [0.15, 0.2) is 59.6 Å². The maximum Gasteiger partial charge on any atom is 0.121 e. The molecular formula is C21H25N3. The number of nitrogens with one attached hydrogen (secondary N) is 1. The summed E-state index contributed by atoms with van der Waals surface area (Å²) in [6.45, 7) is 1.78. The van der Waals surface area contributed by atoms with Gasteiger partial charge in [-0.2, -0.15) is 0 Å². The van der Waals surface area contributed by atoms with Gasteiger partial charge in [0.2, 0.25) is 0 Å². The average Bonchev–Trinajstić information content (AvgIpc) is 2.63. The molecule has 3 nitrogen and oxygen atoms in total. The normalized spacial score (nSPS) is 19.8. The van der Waals surface area contributed by atoms with E-state index in [1.807, 2.05) is 0 Å². The summed E-state index contributed by atoms with van der Waals surface area (Å²) in [6, 6.07) is 19.8. The number of para-hydroxylation sites is 2. The van der Waals surface area contributed by atoms with Gasteiger partial charge in [0, 0.05) is 6.54 Å². The Kier molecular flexibility index (Phi) is 4.50. The molecule has 0 amide bonds. The van der Waals surface area contributed by atoms with Gasteiger partial charge in [-0.1, -0.05) is 61.7 Å². The van der Waals surface area contributed by atoms with Crippen molar-refractivity contribution >= 4 is 17.2 Å². The first kappa shape index (κ1) is 15.3. The minimum absolute atomic E-state index is 0.505. The summed E-state index contributed by atoms with van der Waals surface area (Å²) < 4.78 is 0. The second kappa shape index (κ2) is 7.08. The number of hydrogen-bond acceptors (Lipinski definition) is 2. The minimum Gasteiger partial charge on any atom is -0.358 e. The second-order valence-corrected chi connectivity index (χ2v) is 6.85. The molecule has 0 spiro atoms. The molecule has 124 valence electrons. The van der Waals surface area contributed by atoms with E-state index in [2.05, 4.69) is 64.8 Å². The maximum atomic E-state index is 5.05. The monoisotopic (exact) mass is 319 g/mol. The molecule has 0 unspecified atom stereocenters. The Morgan fingerprint density at radius 3 is 2.50 bits per heavy atom. The van der Waals surface area contributed by atoms with Crippen molar-refractivity contribution in [3.8, 4) is 0 Å². The fraction of sp³-hybridized carbons (Fsp3) is 0.381. The third-order valence-electron chi connectivity index (χ3n) is 4.99. The molecule has 1 aliphatic heterocycles. The fourth-order valence-corrected chi connectivity index (χ4v) is 3.76. The molecule has 4 rings (SSSR count). The zero-order valence-electron chi connectivity index (χ0n) is 14.1. The molecule has 1 saturated carbocycles. The van der Waals surface area contributed by atoms with E-state index in [4.69, 9.17) is 4.99 Å². The number of fused-ring (bicyclic) bond motifs is 1. The first-order valence-corrected chi connectivity index (χ1v) is 9.10. The summed E-state index contributed by atoms with van der Waals surface area (Å²) >= 11 is 0. The molecule has 24 heavy (non-hydrogen) atoms. The lowest BCUT2D eigenvalue weighted by Gasteiger charge is -2.33. The molecule has 2 aromatic rings. The van der Waals surface area contributed by atoms with Crippen LogP contribution in [0.25, 0.3) is 0 Å². The number of amidine groups is 1. The van der Waals surface area contributed by atoms with Crippen molar-refractivity contribution < 1.29 is 0 Å². The topological polar surface area (TPSA) is 27.6 Å². The molecule has 2 aliphatic rings. The molecule has 1 aliphatic carbocycles. The third-order valence-corrected chi connectivity index (χ3v) is 4.99. The highest BCUT2D eigenvalue weighted by atomic mass is 15.2. The quantitative estimate of drug-likeness (QED) is 0.875. The standard InChI is InChI=1S/C21H25N3/c1-3-9-17(10-4-1)15-24-16-21(22-18-11-5-2-6-12-18)23-19-13-7-8-14-20(19)24/h1,3-4,7-10,13-14,18H,2,5-6,11-12,15-16H2,(H,22,23). The average molecular weight is 319 g/mol. The number of benzene rings is 2. The third kappa shape index (κ3) is 3.45. The second-order valence-electron chi connectivity index (χ2n) is 6.85. The molecular weight excluding hydrogens is 294 g/mol. The number of nitrogens with zero attached hydrogens (tertiary/aromatic N) is 2. The van der Waals surface area contributed by atoms with Gasteiger partial charge in [-0.3, -0.25) is 4.99 Å². The Balaban J connectivity index is 1.58. The van der Waals surface area contributed by atoms with Gasteiger partial charge >= 0.3 is 0 Å². The molecule has 0 bridgehead atoms. The summed E-state index contributed by atoms with van der Waals surface area (Å²) in [5.74, 6) is 1.12. The van der Waals surface area contributed by atoms with Crippen LogP contribution in [-0.4, -0.2) is 18.4 Å². The zero-order valence-corrected chi connectivity index (χ0v) is 14.1. The molecule has 3 heteroatoms. The molecule has 2 aromatic carbocycles. The summed E-state index contributed by atoms with van der Waals surface area (Å²) in [5, 5.41) is 3.57. The van der Waals surface area contributed by atoms with E-state index in [9.17, 15) is 0 Å². The summed E-state index contributed by atoms with van der Waals surface area (Å²) in [7, 11) is 0. The van der Waals surface area contributed by atoms with Crippen molar-refractivity contribution in [3.05, 3.63) is 60.2 Å². The molecule has 0 saturated heterocycles. The van der Waals surface area contributed by atoms with Gasteiger partial charge in [0.05, 0.1) is 24.0 Å². The zero-order chi connectivity index (χ0) is 16.2.